The van der Waals surface area contributed by atoms with Gasteiger partial charge in [-0.25, -0.2) is 0 Å². The summed E-state index contributed by atoms with van der Waals surface area (Å²) in [4.78, 5) is 24.3. The van der Waals surface area contributed by atoms with Crippen molar-refractivity contribution in [2.45, 2.75) is 19.3 Å². The van der Waals surface area contributed by atoms with Gasteiger partial charge in [-0.05, 0) is 31.4 Å². The lowest BCUT2D eigenvalue weighted by Crippen LogP contribution is -2.46. The van der Waals surface area contributed by atoms with Crippen LogP contribution in [0.4, 0.5) is 0 Å². The number of methoxy groups -OCH3 is 2. The molecule has 0 aliphatic carbocycles. The van der Waals surface area contributed by atoms with E-state index in [9.17, 15) is 14.7 Å². The molecule has 1 aliphatic heterocycles. The molecule has 7 heteroatoms. The van der Waals surface area contributed by atoms with Crippen molar-refractivity contribution in [2.24, 2.45) is 5.41 Å². The fourth-order valence-electron chi connectivity index (χ4n) is 3.06. The Labute approximate surface area is 152 Å². The number of rotatable bonds is 8. The van der Waals surface area contributed by atoms with E-state index in [-0.39, 0.29) is 12.5 Å². The highest BCUT2D eigenvalue weighted by molar-refractivity contribution is 5.95. The third kappa shape index (κ3) is 4.16. The lowest BCUT2D eigenvalue weighted by Gasteiger charge is -2.33. The number of allylic oxidation sites excluding steroid dienone is 1. The summed E-state index contributed by atoms with van der Waals surface area (Å²) in [7, 11) is 3.03. The first-order chi connectivity index (χ1) is 12.5. The summed E-state index contributed by atoms with van der Waals surface area (Å²) in [6, 6.07) is 3.29. The van der Waals surface area contributed by atoms with Gasteiger partial charge >= 0.3 is 5.97 Å². The molecule has 0 bridgehead atoms. The van der Waals surface area contributed by atoms with Crippen LogP contribution in [-0.2, 0) is 16.0 Å². The third-order valence-electron chi connectivity index (χ3n) is 4.67. The predicted molar refractivity (Wildman–Crippen MR) is 95.9 cm³/mol. The van der Waals surface area contributed by atoms with Crippen LogP contribution < -0.4 is 14.8 Å². The highest BCUT2D eigenvalue weighted by Gasteiger charge is 2.40. The van der Waals surface area contributed by atoms with Crippen molar-refractivity contribution in [3.8, 4) is 11.5 Å². The highest BCUT2D eigenvalue weighted by Crippen LogP contribution is 2.34. The number of aliphatic carboxylic acids is 1. The van der Waals surface area contributed by atoms with E-state index in [1.165, 1.54) is 14.2 Å². The van der Waals surface area contributed by atoms with Crippen molar-refractivity contribution in [3.05, 3.63) is 35.9 Å². The van der Waals surface area contributed by atoms with Crippen molar-refractivity contribution in [2.75, 3.05) is 34.0 Å². The molecular weight excluding hydrogens is 338 g/mol. The summed E-state index contributed by atoms with van der Waals surface area (Å²) in [5, 5.41) is 12.3. The molecule has 0 saturated carbocycles. The zero-order chi connectivity index (χ0) is 19.2. The van der Waals surface area contributed by atoms with Gasteiger partial charge in [0.15, 0.2) is 11.5 Å². The zero-order valence-corrected chi connectivity index (χ0v) is 15.2. The highest BCUT2D eigenvalue weighted by atomic mass is 16.5. The zero-order valence-electron chi connectivity index (χ0n) is 15.2. The number of amides is 1. The van der Waals surface area contributed by atoms with Gasteiger partial charge in [0.2, 0.25) is 0 Å². The van der Waals surface area contributed by atoms with Gasteiger partial charge in [-0.15, -0.1) is 6.58 Å². The molecular formula is C19H25NO6. The summed E-state index contributed by atoms with van der Waals surface area (Å²) >= 11 is 0. The molecule has 26 heavy (non-hydrogen) atoms. The van der Waals surface area contributed by atoms with Gasteiger partial charge < -0.3 is 24.6 Å². The maximum absolute atomic E-state index is 12.6. The Balaban J connectivity index is 2.22. The predicted octanol–water partition coefficient (Wildman–Crippen LogP) is 2.04. The summed E-state index contributed by atoms with van der Waals surface area (Å²) < 4.78 is 15.9. The molecule has 142 valence electrons. The molecule has 0 aromatic heterocycles. The molecule has 2 rings (SSSR count). The Morgan fingerprint density at radius 1 is 1.31 bits per heavy atom. The smallest absolute Gasteiger partial charge is 0.311 e. The largest absolute Gasteiger partial charge is 0.493 e. The maximum Gasteiger partial charge on any atom is 0.311 e. The van der Waals surface area contributed by atoms with Crippen LogP contribution in [0.2, 0.25) is 0 Å². The van der Waals surface area contributed by atoms with Crippen molar-refractivity contribution >= 4 is 11.9 Å². The second-order valence-electron chi connectivity index (χ2n) is 6.24. The van der Waals surface area contributed by atoms with E-state index in [0.717, 1.165) is 5.56 Å². The Morgan fingerprint density at radius 2 is 2.00 bits per heavy atom. The number of carbonyl (C=O) groups excluding carboxylic acids is 1. The quantitative estimate of drug-likeness (QED) is 0.687. The second-order valence-corrected chi connectivity index (χ2v) is 6.24. The number of carbonyl (C=O) groups is 2. The molecule has 1 saturated heterocycles. The van der Waals surface area contributed by atoms with Gasteiger partial charge in [0.05, 0.1) is 19.6 Å². The van der Waals surface area contributed by atoms with Gasteiger partial charge in [0, 0.05) is 30.9 Å². The van der Waals surface area contributed by atoms with E-state index in [1.54, 1.807) is 18.2 Å². The van der Waals surface area contributed by atoms with E-state index < -0.39 is 11.4 Å². The van der Waals surface area contributed by atoms with Crippen LogP contribution in [-0.4, -0.2) is 51.0 Å². The number of nitrogens with one attached hydrogen (secondary N) is 1. The van der Waals surface area contributed by atoms with Crippen LogP contribution in [0.15, 0.2) is 24.8 Å². The minimum absolute atomic E-state index is 0.0513. The number of carboxylic acid groups (broad SMARTS) is 1. The molecule has 1 aromatic rings. The molecule has 1 heterocycles. The van der Waals surface area contributed by atoms with Crippen LogP contribution in [0.25, 0.3) is 0 Å². The second kappa shape index (κ2) is 8.71. The SMILES string of the molecule is C=CCc1cc(C(=O)NCC2(C(=O)O)CCOCC2)cc(OC)c1OC. The summed E-state index contributed by atoms with van der Waals surface area (Å²) in [6.45, 7) is 4.52. The van der Waals surface area contributed by atoms with Crippen LogP contribution >= 0.6 is 0 Å². The number of carboxylic acids is 1. The number of hydrogen-bond acceptors (Lipinski definition) is 5. The van der Waals surface area contributed by atoms with Gasteiger partial charge in [0.25, 0.3) is 5.91 Å². The monoisotopic (exact) mass is 363 g/mol. The topological polar surface area (TPSA) is 94.1 Å². The molecule has 7 nitrogen and oxygen atoms in total. The Morgan fingerprint density at radius 3 is 2.54 bits per heavy atom. The lowest BCUT2D eigenvalue weighted by atomic mass is 9.80. The van der Waals surface area contributed by atoms with Gasteiger partial charge in [-0.1, -0.05) is 6.08 Å². The van der Waals surface area contributed by atoms with Gasteiger partial charge in [0.1, 0.15) is 0 Å². The lowest BCUT2D eigenvalue weighted by molar-refractivity contribution is -0.154. The first-order valence-corrected chi connectivity index (χ1v) is 8.42. The minimum Gasteiger partial charge on any atom is -0.493 e. The fraction of sp³-hybridized carbons (Fsp3) is 0.474. The first kappa shape index (κ1) is 19.8. The normalized spacial score (nSPS) is 15.8. The average molecular weight is 363 g/mol. The molecule has 0 unspecified atom stereocenters. The first-order valence-electron chi connectivity index (χ1n) is 8.42. The van der Waals surface area contributed by atoms with Gasteiger partial charge in [-0.2, -0.15) is 0 Å². The number of ether oxygens (including phenoxy) is 3. The number of hydrogen-bond donors (Lipinski definition) is 2. The van der Waals surface area contributed by atoms with Crippen LogP contribution in [0.5, 0.6) is 11.5 Å². The molecule has 1 amide bonds. The summed E-state index contributed by atoms with van der Waals surface area (Å²) in [5.41, 5.74) is 0.159. The Bertz CT molecular complexity index is 679. The van der Waals surface area contributed by atoms with E-state index >= 15 is 0 Å². The molecule has 1 aliphatic rings. The Kier molecular flexibility index (Phi) is 6.63. The van der Waals surface area contributed by atoms with E-state index in [1.807, 2.05) is 0 Å². The fourth-order valence-corrected chi connectivity index (χ4v) is 3.06. The van der Waals surface area contributed by atoms with E-state index in [0.29, 0.717) is 49.5 Å². The molecule has 1 fully saturated rings. The molecule has 1 aromatic carbocycles. The molecule has 0 spiro atoms. The minimum atomic E-state index is -0.992. The molecule has 0 radical (unpaired) electrons. The van der Waals surface area contributed by atoms with Gasteiger partial charge in [-0.3, -0.25) is 9.59 Å². The van der Waals surface area contributed by atoms with Crippen molar-refractivity contribution in [3.63, 3.8) is 0 Å². The van der Waals surface area contributed by atoms with Crippen LogP contribution in [0, 0.1) is 5.41 Å². The van der Waals surface area contributed by atoms with E-state index in [4.69, 9.17) is 14.2 Å². The average Bonchev–Trinajstić information content (AvgIpc) is 2.66. The summed E-state index contributed by atoms with van der Waals surface area (Å²) in [6.07, 6.45) is 2.96. The molecule has 2 N–H and O–H groups in total. The van der Waals surface area contributed by atoms with Crippen molar-refractivity contribution in [1.82, 2.24) is 5.32 Å². The number of benzene rings is 1. The van der Waals surface area contributed by atoms with E-state index in [2.05, 4.69) is 11.9 Å². The summed E-state index contributed by atoms with van der Waals surface area (Å²) in [5.74, 6) is -0.282. The van der Waals surface area contributed by atoms with Crippen LogP contribution in [0.1, 0.15) is 28.8 Å². The van der Waals surface area contributed by atoms with Crippen molar-refractivity contribution in [1.29, 1.82) is 0 Å². The third-order valence-corrected chi connectivity index (χ3v) is 4.67. The standard InChI is InChI=1S/C19H25NO6/c1-4-5-13-10-14(11-15(24-2)16(13)25-3)17(21)20-12-19(18(22)23)6-8-26-9-7-19/h4,10-11H,1,5-9,12H2,2-3H3,(H,20,21)(H,22,23). The maximum atomic E-state index is 12.6. The van der Waals surface area contributed by atoms with Crippen molar-refractivity contribution < 1.29 is 28.9 Å². The molecule has 0 atom stereocenters. The Hall–Kier alpha value is -2.54. The van der Waals surface area contributed by atoms with Crippen LogP contribution in [0.3, 0.4) is 0 Å².